The van der Waals surface area contributed by atoms with Crippen LogP contribution in [-0.4, -0.2) is 7.11 Å². The molecule has 112 valence electrons. The van der Waals surface area contributed by atoms with Crippen LogP contribution in [-0.2, 0) is 6.42 Å². The summed E-state index contributed by atoms with van der Waals surface area (Å²) in [5, 5.41) is 0. The lowest BCUT2D eigenvalue weighted by molar-refractivity contribution is 0.407. The third-order valence-corrected chi connectivity index (χ3v) is 3.31. The van der Waals surface area contributed by atoms with Crippen LogP contribution in [0.25, 0.3) is 0 Å². The summed E-state index contributed by atoms with van der Waals surface area (Å²) in [6, 6.07) is 6.78. The van der Waals surface area contributed by atoms with Crippen molar-refractivity contribution in [3.05, 3.63) is 64.5 Å². The summed E-state index contributed by atoms with van der Waals surface area (Å²) in [4.78, 5) is 0. The van der Waals surface area contributed by atoms with Crippen LogP contribution in [0.15, 0.2) is 30.3 Å². The first-order chi connectivity index (χ1) is 9.92. The number of aryl methyl sites for hydroxylation is 1. The number of benzene rings is 2. The van der Waals surface area contributed by atoms with Gasteiger partial charge in [0.15, 0.2) is 17.5 Å². The van der Waals surface area contributed by atoms with Crippen molar-refractivity contribution < 1.29 is 17.9 Å². The van der Waals surface area contributed by atoms with Gasteiger partial charge >= 0.3 is 0 Å². The van der Waals surface area contributed by atoms with E-state index in [1.54, 1.807) is 0 Å². The lowest BCUT2D eigenvalue weighted by Crippen LogP contribution is -2.15. The van der Waals surface area contributed by atoms with Crippen molar-refractivity contribution in [2.75, 3.05) is 7.11 Å². The molecule has 0 spiro atoms. The minimum absolute atomic E-state index is 0.204. The second-order valence-corrected chi connectivity index (χ2v) is 4.92. The molecule has 2 aromatic rings. The van der Waals surface area contributed by atoms with Gasteiger partial charge in [-0.1, -0.05) is 17.7 Å². The monoisotopic (exact) mass is 295 g/mol. The molecule has 1 unspecified atom stereocenters. The van der Waals surface area contributed by atoms with E-state index >= 15 is 0 Å². The van der Waals surface area contributed by atoms with Crippen LogP contribution in [0.2, 0.25) is 0 Å². The second-order valence-electron chi connectivity index (χ2n) is 4.92. The minimum Gasteiger partial charge on any atom is -0.496 e. The summed E-state index contributed by atoms with van der Waals surface area (Å²) in [5.74, 6) is -3.31. The Hall–Kier alpha value is -2.01. The van der Waals surface area contributed by atoms with Crippen LogP contribution >= 0.6 is 0 Å². The first-order valence-corrected chi connectivity index (χ1v) is 6.46. The molecular weight excluding hydrogens is 279 g/mol. The third kappa shape index (κ3) is 3.36. The molecule has 2 N–H and O–H groups in total. The highest BCUT2D eigenvalue weighted by molar-refractivity contribution is 5.38. The first kappa shape index (κ1) is 15.4. The highest BCUT2D eigenvalue weighted by Gasteiger charge is 2.16. The second kappa shape index (κ2) is 6.18. The summed E-state index contributed by atoms with van der Waals surface area (Å²) in [5.41, 5.74) is 8.03. The average molecular weight is 295 g/mol. The third-order valence-electron chi connectivity index (χ3n) is 3.31. The molecule has 0 aliphatic rings. The Bertz CT molecular complexity index is 635. The molecule has 0 aromatic heterocycles. The van der Waals surface area contributed by atoms with Crippen molar-refractivity contribution in [1.82, 2.24) is 0 Å². The summed E-state index contributed by atoms with van der Waals surface area (Å²) in [6.07, 6.45) is 0.329. The summed E-state index contributed by atoms with van der Waals surface area (Å²) >= 11 is 0. The van der Waals surface area contributed by atoms with Gasteiger partial charge in [-0.05, 0) is 42.7 Å². The van der Waals surface area contributed by atoms with E-state index in [9.17, 15) is 13.2 Å². The molecule has 21 heavy (non-hydrogen) atoms. The number of hydrogen-bond acceptors (Lipinski definition) is 2. The van der Waals surface area contributed by atoms with Crippen LogP contribution < -0.4 is 10.5 Å². The fourth-order valence-corrected chi connectivity index (χ4v) is 2.21. The molecular formula is C16H16F3NO. The van der Waals surface area contributed by atoms with Crippen LogP contribution in [0, 0.1) is 24.4 Å². The average Bonchev–Trinajstić information content (AvgIpc) is 2.44. The smallest absolute Gasteiger partial charge is 0.194 e. The molecule has 0 amide bonds. The van der Waals surface area contributed by atoms with E-state index in [4.69, 9.17) is 10.5 Å². The zero-order valence-corrected chi connectivity index (χ0v) is 11.8. The number of hydrogen-bond donors (Lipinski definition) is 1. The maximum Gasteiger partial charge on any atom is 0.194 e. The fraction of sp³-hybridized carbons (Fsp3) is 0.250. The predicted octanol–water partition coefficient (Wildman–Crippen LogP) is 3.66. The molecule has 0 heterocycles. The Morgan fingerprint density at radius 3 is 2.29 bits per heavy atom. The van der Waals surface area contributed by atoms with Crippen molar-refractivity contribution in [2.24, 2.45) is 5.73 Å². The van der Waals surface area contributed by atoms with Crippen LogP contribution in [0.5, 0.6) is 5.75 Å². The lowest BCUT2D eigenvalue weighted by Gasteiger charge is -2.16. The van der Waals surface area contributed by atoms with Crippen LogP contribution in [0.4, 0.5) is 13.2 Å². The lowest BCUT2D eigenvalue weighted by atomic mass is 9.97. The Kier molecular flexibility index (Phi) is 4.53. The van der Waals surface area contributed by atoms with Crippen LogP contribution in [0.3, 0.4) is 0 Å². The molecule has 0 fully saturated rings. The molecule has 2 aromatic carbocycles. The van der Waals surface area contributed by atoms with Gasteiger partial charge in [-0.15, -0.1) is 0 Å². The van der Waals surface area contributed by atoms with E-state index in [0.29, 0.717) is 12.2 Å². The summed E-state index contributed by atoms with van der Waals surface area (Å²) in [6.45, 7) is 1.92. The fourth-order valence-electron chi connectivity index (χ4n) is 2.21. The molecule has 0 bridgehead atoms. The predicted molar refractivity (Wildman–Crippen MR) is 74.7 cm³/mol. The zero-order valence-electron chi connectivity index (χ0n) is 11.8. The SMILES string of the molecule is COc1ccc(C)cc1CC(N)c1cc(F)c(F)c(F)c1. The Labute approximate surface area is 121 Å². The highest BCUT2D eigenvalue weighted by atomic mass is 19.2. The van der Waals surface area contributed by atoms with Crippen molar-refractivity contribution in [1.29, 1.82) is 0 Å². The molecule has 5 heteroatoms. The molecule has 0 aliphatic carbocycles. The van der Waals surface area contributed by atoms with Gasteiger partial charge in [0, 0.05) is 6.04 Å². The molecule has 2 nitrogen and oxygen atoms in total. The molecule has 0 saturated carbocycles. The first-order valence-electron chi connectivity index (χ1n) is 6.46. The van der Waals surface area contributed by atoms with Crippen molar-refractivity contribution in [3.8, 4) is 5.75 Å². The molecule has 0 saturated heterocycles. The summed E-state index contributed by atoms with van der Waals surface area (Å²) < 4.78 is 44.7. The van der Waals surface area contributed by atoms with Crippen molar-refractivity contribution in [2.45, 2.75) is 19.4 Å². The maximum absolute atomic E-state index is 13.3. The molecule has 0 radical (unpaired) electrons. The molecule has 0 aliphatic heterocycles. The van der Waals surface area contributed by atoms with Gasteiger partial charge in [-0.25, -0.2) is 13.2 Å². The number of methoxy groups -OCH3 is 1. The number of ether oxygens (including phenoxy) is 1. The number of rotatable bonds is 4. The zero-order chi connectivity index (χ0) is 15.6. The Morgan fingerprint density at radius 1 is 1.10 bits per heavy atom. The van der Waals surface area contributed by atoms with Gasteiger partial charge in [0.05, 0.1) is 7.11 Å². The number of nitrogens with two attached hydrogens (primary N) is 1. The highest BCUT2D eigenvalue weighted by Crippen LogP contribution is 2.26. The quantitative estimate of drug-likeness (QED) is 0.874. The van der Waals surface area contributed by atoms with Gasteiger partial charge in [-0.3, -0.25) is 0 Å². The maximum atomic E-state index is 13.3. The van der Waals surface area contributed by atoms with Gasteiger partial charge in [0.2, 0.25) is 0 Å². The van der Waals surface area contributed by atoms with E-state index in [0.717, 1.165) is 23.3 Å². The number of halogens is 3. The van der Waals surface area contributed by atoms with Gasteiger partial charge in [0.25, 0.3) is 0 Å². The minimum atomic E-state index is -1.49. The van der Waals surface area contributed by atoms with E-state index in [1.165, 1.54) is 7.11 Å². The normalized spacial score (nSPS) is 12.3. The van der Waals surface area contributed by atoms with Crippen molar-refractivity contribution >= 4 is 0 Å². The van der Waals surface area contributed by atoms with Crippen LogP contribution in [0.1, 0.15) is 22.7 Å². The Balaban J connectivity index is 2.30. The van der Waals surface area contributed by atoms with E-state index in [1.807, 2.05) is 25.1 Å². The largest absolute Gasteiger partial charge is 0.496 e. The summed E-state index contributed by atoms with van der Waals surface area (Å²) in [7, 11) is 1.54. The topological polar surface area (TPSA) is 35.2 Å². The van der Waals surface area contributed by atoms with E-state index in [2.05, 4.69) is 0 Å². The van der Waals surface area contributed by atoms with Gasteiger partial charge in [0.1, 0.15) is 5.75 Å². The Morgan fingerprint density at radius 2 is 1.71 bits per heavy atom. The molecule has 2 rings (SSSR count). The van der Waals surface area contributed by atoms with E-state index in [-0.39, 0.29) is 5.56 Å². The standard InChI is InChI=1S/C16H16F3NO/c1-9-3-4-15(21-2)11(5-9)8-14(20)10-6-12(17)16(19)13(18)7-10/h3-7,14H,8,20H2,1-2H3. The van der Waals surface area contributed by atoms with Gasteiger partial charge in [-0.2, -0.15) is 0 Å². The van der Waals surface area contributed by atoms with E-state index < -0.39 is 23.5 Å². The van der Waals surface area contributed by atoms with Crippen molar-refractivity contribution in [3.63, 3.8) is 0 Å². The molecule has 1 atom stereocenters. The van der Waals surface area contributed by atoms with Gasteiger partial charge < -0.3 is 10.5 Å².